The van der Waals surface area contributed by atoms with E-state index in [0.29, 0.717) is 16.5 Å². The van der Waals surface area contributed by atoms with Crippen LogP contribution >= 0.6 is 11.6 Å². The highest BCUT2D eigenvalue weighted by Gasteiger charge is 2.22. The first-order chi connectivity index (χ1) is 11.6. The molecule has 0 spiro atoms. The van der Waals surface area contributed by atoms with Gasteiger partial charge in [0.2, 0.25) is 0 Å². The van der Waals surface area contributed by atoms with Crippen molar-refractivity contribution in [1.29, 1.82) is 0 Å². The van der Waals surface area contributed by atoms with E-state index >= 15 is 0 Å². The van der Waals surface area contributed by atoms with Gasteiger partial charge in [0.1, 0.15) is 12.0 Å². The minimum Gasteiger partial charge on any atom is -0.328 e. The summed E-state index contributed by atoms with van der Waals surface area (Å²) in [5, 5.41) is 6.19. The van der Waals surface area contributed by atoms with Gasteiger partial charge in [-0.3, -0.25) is 4.98 Å². The standard InChI is InChI=1S/C16H17ClN6O/c1-10(19-16(24)20-13-6-4-12(17)5-7-13)14-21-15(23-22-14)11-3-2-8-18-9-11/h2-10,15,23H,1H3,(H,21,22)(H2,19,20,24). The number of aromatic nitrogens is 1. The SMILES string of the molecule is CC(NC(=O)Nc1ccc(Cl)cc1)C1=NC(c2cccnc2)NN1. The third-order valence-electron chi connectivity index (χ3n) is 3.47. The lowest BCUT2D eigenvalue weighted by atomic mass is 10.2. The van der Waals surface area contributed by atoms with Gasteiger partial charge in [-0.15, -0.1) is 0 Å². The molecule has 2 amide bonds. The van der Waals surface area contributed by atoms with Crippen molar-refractivity contribution in [2.75, 3.05) is 5.32 Å². The first-order valence-corrected chi connectivity index (χ1v) is 7.82. The summed E-state index contributed by atoms with van der Waals surface area (Å²) < 4.78 is 0. The highest BCUT2D eigenvalue weighted by Crippen LogP contribution is 2.16. The largest absolute Gasteiger partial charge is 0.328 e. The van der Waals surface area contributed by atoms with Crippen molar-refractivity contribution in [3.63, 3.8) is 0 Å². The second-order valence-corrected chi connectivity index (χ2v) is 5.74. The number of hydrogen-bond acceptors (Lipinski definition) is 5. The number of carbonyl (C=O) groups is 1. The fourth-order valence-electron chi connectivity index (χ4n) is 2.23. The Hall–Kier alpha value is -2.64. The van der Waals surface area contributed by atoms with Crippen LogP contribution in [0.3, 0.4) is 0 Å². The highest BCUT2D eigenvalue weighted by molar-refractivity contribution is 6.30. The topological polar surface area (TPSA) is 90.4 Å². The smallest absolute Gasteiger partial charge is 0.319 e. The van der Waals surface area contributed by atoms with Crippen molar-refractivity contribution in [2.24, 2.45) is 4.99 Å². The first-order valence-electron chi connectivity index (χ1n) is 7.44. The summed E-state index contributed by atoms with van der Waals surface area (Å²) in [4.78, 5) is 20.6. The van der Waals surface area contributed by atoms with Crippen LogP contribution in [0.1, 0.15) is 18.7 Å². The zero-order valence-corrected chi connectivity index (χ0v) is 13.7. The molecule has 2 heterocycles. The molecule has 4 N–H and O–H groups in total. The van der Waals surface area contributed by atoms with Crippen LogP contribution in [0.4, 0.5) is 10.5 Å². The Balaban J connectivity index is 1.57. The summed E-state index contributed by atoms with van der Waals surface area (Å²) in [6.45, 7) is 1.85. The highest BCUT2D eigenvalue weighted by atomic mass is 35.5. The van der Waals surface area contributed by atoms with Crippen LogP contribution in [0, 0.1) is 0 Å². The molecule has 2 atom stereocenters. The second kappa shape index (κ2) is 7.29. The molecule has 7 nitrogen and oxygen atoms in total. The number of nitrogens with zero attached hydrogens (tertiary/aromatic N) is 2. The number of anilines is 1. The molecule has 0 bridgehead atoms. The Morgan fingerprint density at radius 1 is 1.29 bits per heavy atom. The Kier molecular flexibility index (Phi) is 4.93. The molecule has 2 unspecified atom stereocenters. The van der Waals surface area contributed by atoms with Gasteiger partial charge in [0, 0.05) is 28.7 Å². The Labute approximate surface area is 144 Å². The number of nitrogens with one attached hydrogen (secondary N) is 4. The van der Waals surface area contributed by atoms with Crippen LogP contribution in [0.15, 0.2) is 53.8 Å². The number of urea groups is 1. The molecule has 0 aliphatic carbocycles. The van der Waals surface area contributed by atoms with E-state index in [2.05, 4.69) is 31.5 Å². The minimum atomic E-state index is -0.320. The predicted octanol–water partition coefficient (Wildman–Crippen LogP) is 2.45. The van der Waals surface area contributed by atoms with Crippen molar-refractivity contribution >= 4 is 29.2 Å². The first kappa shape index (κ1) is 16.2. The lowest BCUT2D eigenvalue weighted by molar-refractivity contribution is 0.251. The third-order valence-corrected chi connectivity index (χ3v) is 3.72. The molecular formula is C16H17ClN6O. The summed E-state index contributed by atoms with van der Waals surface area (Å²) >= 11 is 5.82. The number of rotatable bonds is 4. The van der Waals surface area contributed by atoms with E-state index in [1.165, 1.54) is 0 Å². The number of benzene rings is 1. The van der Waals surface area contributed by atoms with E-state index in [9.17, 15) is 4.79 Å². The van der Waals surface area contributed by atoms with Gasteiger partial charge in [0.25, 0.3) is 0 Å². The van der Waals surface area contributed by atoms with E-state index in [4.69, 9.17) is 11.6 Å². The van der Waals surface area contributed by atoms with Crippen LogP contribution < -0.4 is 21.5 Å². The van der Waals surface area contributed by atoms with E-state index < -0.39 is 0 Å². The molecule has 0 saturated carbocycles. The van der Waals surface area contributed by atoms with Gasteiger partial charge < -0.3 is 16.1 Å². The minimum absolute atomic E-state index is 0.225. The van der Waals surface area contributed by atoms with E-state index in [1.54, 1.807) is 36.7 Å². The van der Waals surface area contributed by atoms with Crippen LogP contribution in [-0.2, 0) is 0 Å². The van der Waals surface area contributed by atoms with Crippen molar-refractivity contribution < 1.29 is 4.79 Å². The van der Waals surface area contributed by atoms with Crippen LogP contribution in [0.5, 0.6) is 0 Å². The van der Waals surface area contributed by atoms with Gasteiger partial charge in [0.15, 0.2) is 0 Å². The predicted molar refractivity (Wildman–Crippen MR) is 93.8 cm³/mol. The monoisotopic (exact) mass is 344 g/mol. The number of carbonyl (C=O) groups excluding carboxylic acids is 1. The van der Waals surface area contributed by atoms with Gasteiger partial charge in [-0.25, -0.2) is 15.2 Å². The summed E-state index contributed by atoms with van der Waals surface area (Å²) in [7, 11) is 0. The number of halogens is 1. The van der Waals surface area contributed by atoms with Gasteiger partial charge in [-0.1, -0.05) is 17.7 Å². The zero-order valence-electron chi connectivity index (χ0n) is 13.0. The number of hydrogen-bond donors (Lipinski definition) is 4. The molecule has 0 saturated heterocycles. The summed E-state index contributed by atoms with van der Waals surface area (Å²) in [6.07, 6.45) is 3.23. The fraction of sp³-hybridized carbons (Fsp3) is 0.188. The van der Waals surface area contributed by atoms with E-state index in [1.807, 2.05) is 19.1 Å². The van der Waals surface area contributed by atoms with Gasteiger partial charge in [-0.2, -0.15) is 0 Å². The van der Waals surface area contributed by atoms with Crippen molar-refractivity contribution in [3.8, 4) is 0 Å². The van der Waals surface area contributed by atoms with Crippen LogP contribution in [-0.4, -0.2) is 22.9 Å². The second-order valence-electron chi connectivity index (χ2n) is 5.30. The van der Waals surface area contributed by atoms with Crippen LogP contribution in [0.25, 0.3) is 0 Å². The summed E-state index contributed by atoms with van der Waals surface area (Å²) in [6, 6.07) is 10.1. The zero-order chi connectivity index (χ0) is 16.9. The van der Waals surface area contributed by atoms with Crippen molar-refractivity contribution in [3.05, 3.63) is 59.4 Å². The van der Waals surface area contributed by atoms with Gasteiger partial charge >= 0.3 is 6.03 Å². The number of pyridine rings is 1. The molecule has 1 aliphatic rings. The molecule has 8 heteroatoms. The summed E-state index contributed by atoms with van der Waals surface area (Å²) in [5.74, 6) is 0.648. The number of amides is 2. The Bertz CT molecular complexity index is 734. The average Bonchev–Trinajstić information content (AvgIpc) is 3.08. The van der Waals surface area contributed by atoms with Crippen molar-refractivity contribution in [2.45, 2.75) is 19.1 Å². The van der Waals surface area contributed by atoms with Crippen molar-refractivity contribution in [1.82, 2.24) is 21.2 Å². The lowest BCUT2D eigenvalue weighted by Crippen LogP contribution is -2.47. The molecule has 2 aromatic rings. The Morgan fingerprint density at radius 2 is 2.08 bits per heavy atom. The average molecular weight is 345 g/mol. The molecular weight excluding hydrogens is 328 g/mol. The molecule has 1 aromatic carbocycles. The van der Waals surface area contributed by atoms with E-state index in [0.717, 1.165) is 5.56 Å². The number of amidine groups is 1. The molecule has 1 aromatic heterocycles. The normalized spacial score (nSPS) is 17.6. The number of aliphatic imine (C=N–C) groups is 1. The molecule has 3 rings (SSSR count). The van der Waals surface area contributed by atoms with Gasteiger partial charge in [-0.05, 0) is 37.3 Å². The maximum absolute atomic E-state index is 12.0. The fourth-order valence-corrected chi connectivity index (χ4v) is 2.35. The molecule has 0 radical (unpaired) electrons. The Morgan fingerprint density at radius 3 is 2.79 bits per heavy atom. The third kappa shape index (κ3) is 4.01. The molecule has 1 aliphatic heterocycles. The summed E-state index contributed by atoms with van der Waals surface area (Å²) in [5.41, 5.74) is 7.65. The van der Waals surface area contributed by atoms with Crippen LogP contribution in [0.2, 0.25) is 5.02 Å². The number of hydrazine groups is 1. The molecule has 24 heavy (non-hydrogen) atoms. The quantitative estimate of drug-likeness (QED) is 0.685. The lowest BCUT2D eigenvalue weighted by Gasteiger charge is -2.14. The maximum atomic E-state index is 12.0. The molecule has 0 fully saturated rings. The van der Waals surface area contributed by atoms with Gasteiger partial charge in [0.05, 0.1) is 6.04 Å². The van der Waals surface area contributed by atoms with E-state index in [-0.39, 0.29) is 18.2 Å². The maximum Gasteiger partial charge on any atom is 0.319 e. The molecule has 124 valence electrons.